The van der Waals surface area contributed by atoms with Crippen LogP contribution < -0.4 is 5.73 Å². The molecule has 0 spiro atoms. The van der Waals surface area contributed by atoms with E-state index in [1.807, 2.05) is 0 Å². The topological polar surface area (TPSA) is 32.5 Å². The van der Waals surface area contributed by atoms with Crippen LogP contribution in [0.1, 0.15) is 40.0 Å². The van der Waals surface area contributed by atoms with Crippen LogP contribution in [0.4, 0.5) is 0 Å². The molecule has 0 aromatic rings. The van der Waals surface area contributed by atoms with E-state index in [9.17, 15) is 0 Å². The Kier molecular flexibility index (Phi) is 4.35. The zero-order valence-electron chi connectivity index (χ0n) is 12.7. The van der Waals surface area contributed by atoms with Gasteiger partial charge in [0.05, 0.1) is 0 Å². The summed E-state index contributed by atoms with van der Waals surface area (Å²) in [6.45, 7) is 11.9. The molecule has 0 aromatic heterocycles. The van der Waals surface area contributed by atoms with E-state index in [-0.39, 0.29) is 0 Å². The van der Waals surface area contributed by atoms with Crippen LogP contribution in [0.25, 0.3) is 0 Å². The molecule has 1 aliphatic carbocycles. The summed E-state index contributed by atoms with van der Waals surface area (Å²) in [7, 11) is 2.24. The quantitative estimate of drug-likeness (QED) is 0.814. The molecular formula is C15H31N3. The van der Waals surface area contributed by atoms with Gasteiger partial charge in [0.1, 0.15) is 0 Å². The summed E-state index contributed by atoms with van der Waals surface area (Å²) in [4.78, 5) is 5.14. The van der Waals surface area contributed by atoms with Gasteiger partial charge in [0.15, 0.2) is 0 Å². The fourth-order valence-electron chi connectivity index (χ4n) is 3.74. The lowest BCUT2D eigenvalue weighted by molar-refractivity contribution is 0.160. The minimum Gasteiger partial charge on any atom is -0.327 e. The van der Waals surface area contributed by atoms with Gasteiger partial charge in [0.25, 0.3) is 0 Å². The molecule has 3 heteroatoms. The highest BCUT2D eigenvalue weighted by atomic mass is 15.2. The van der Waals surface area contributed by atoms with Crippen molar-refractivity contribution in [1.82, 2.24) is 9.80 Å². The fourth-order valence-corrected chi connectivity index (χ4v) is 3.74. The molecule has 1 heterocycles. The lowest BCUT2D eigenvalue weighted by Gasteiger charge is -2.33. The highest BCUT2D eigenvalue weighted by Gasteiger charge is 2.40. The minimum atomic E-state index is 0.344. The third kappa shape index (κ3) is 3.06. The third-order valence-corrected chi connectivity index (χ3v) is 5.22. The van der Waals surface area contributed by atoms with Crippen LogP contribution in [0.3, 0.4) is 0 Å². The molecule has 2 aliphatic rings. The van der Waals surface area contributed by atoms with Crippen LogP contribution in [0, 0.1) is 11.3 Å². The highest BCUT2D eigenvalue weighted by molar-refractivity contribution is 4.95. The highest BCUT2D eigenvalue weighted by Crippen LogP contribution is 2.40. The molecule has 106 valence electrons. The number of nitrogens with zero attached hydrogens (tertiary/aromatic N) is 2. The summed E-state index contributed by atoms with van der Waals surface area (Å²) in [6.07, 6.45) is 3.90. The number of rotatable bonds is 2. The smallest absolute Gasteiger partial charge is 0.0194 e. The Bertz CT molecular complexity index is 277. The summed E-state index contributed by atoms with van der Waals surface area (Å²) >= 11 is 0. The van der Waals surface area contributed by atoms with E-state index < -0.39 is 0 Å². The Labute approximate surface area is 113 Å². The van der Waals surface area contributed by atoms with Crippen LogP contribution in [-0.2, 0) is 0 Å². The Hall–Kier alpha value is -0.120. The van der Waals surface area contributed by atoms with Crippen molar-refractivity contribution in [2.75, 3.05) is 33.2 Å². The summed E-state index contributed by atoms with van der Waals surface area (Å²) in [5.41, 5.74) is 6.79. The molecule has 2 rings (SSSR count). The standard InChI is InChI=1S/C15H31N3/c1-12-10-17(4)8-5-9-18(12)11-13-6-7-15(2,3)14(13)16/h12-14H,5-11,16H2,1-4H3. The average molecular weight is 253 g/mol. The van der Waals surface area contributed by atoms with Gasteiger partial charge < -0.3 is 10.6 Å². The van der Waals surface area contributed by atoms with Gasteiger partial charge in [-0.15, -0.1) is 0 Å². The first-order valence-electron chi connectivity index (χ1n) is 7.58. The van der Waals surface area contributed by atoms with Crippen molar-refractivity contribution in [2.45, 2.75) is 52.1 Å². The second-order valence-corrected chi connectivity index (χ2v) is 7.27. The van der Waals surface area contributed by atoms with E-state index in [4.69, 9.17) is 5.73 Å². The van der Waals surface area contributed by atoms with E-state index >= 15 is 0 Å². The van der Waals surface area contributed by atoms with E-state index in [1.54, 1.807) is 0 Å². The third-order valence-electron chi connectivity index (χ3n) is 5.22. The molecule has 2 fully saturated rings. The van der Waals surface area contributed by atoms with Gasteiger partial charge in [-0.2, -0.15) is 0 Å². The average Bonchev–Trinajstić information content (AvgIpc) is 2.45. The minimum absolute atomic E-state index is 0.344. The maximum absolute atomic E-state index is 6.45. The largest absolute Gasteiger partial charge is 0.327 e. The first-order chi connectivity index (χ1) is 8.40. The second-order valence-electron chi connectivity index (χ2n) is 7.27. The molecule has 3 nitrogen and oxygen atoms in total. The normalized spacial score (nSPS) is 38.8. The maximum atomic E-state index is 6.45. The van der Waals surface area contributed by atoms with Crippen LogP contribution >= 0.6 is 0 Å². The molecule has 3 unspecified atom stereocenters. The fraction of sp³-hybridized carbons (Fsp3) is 1.00. The number of hydrogen-bond donors (Lipinski definition) is 1. The molecular weight excluding hydrogens is 222 g/mol. The number of likely N-dealkylation sites (N-methyl/N-ethyl adjacent to an activating group) is 1. The van der Waals surface area contributed by atoms with Crippen LogP contribution in [-0.4, -0.2) is 55.1 Å². The van der Waals surface area contributed by atoms with E-state index in [2.05, 4.69) is 37.6 Å². The lowest BCUT2D eigenvalue weighted by atomic mass is 9.85. The molecule has 2 N–H and O–H groups in total. The summed E-state index contributed by atoms with van der Waals surface area (Å²) < 4.78 is 0. The molecule has 18 heavy (non-hydrogen) atoms. The SMILES string of the molecule is CC1CN(C)CCCN1CC1CCC(C)(C)C1N. The monoisotopic (exact) mass is 253 g/mol. The van der Waals surface area contributed by atoms with Crippen molar-refractivity contribution < 1.29 is 0 Å². The molecule has 0 bridgehead atoms. The summed E-state index contributed by atoms with van der Waals surface area (Å²) in [5.74, 6) is 0.700. The van der Waals surface area contributed by atoms with Gasteiger partial charge in [-0.05, 0) is 57.7 Å². The zero-order valence-corrected chi connectivity index (χ0v) is 12.7. The van der Waals surface area contributed by atoms with E-state index in [1.165, 1.54) is 45.4 Å². The molecule has 0 radical (unpaired) electrons. The Morgan fingerprint density at radius 2 is 2.00 bits per heavy atom. The predicted molar refractivity (Wildman–Crippen MR) is 77.6 cm³/mol. The van der Waals surface area contributed by atoms with Crippen molar-refractivity contribution in [3.05, 3.63) is 0 Å². The number of nitrogens with two attached hydrogens (primary N) is 1. The summed E-state index contributed by atoms with van der Waals surface area (Å²) in [5, 5.41) is 0. The maximum Gasteiger partial charge on any atom is 0.0194 e. The van der Waals surface area contributed by atoms with E-state index in [0.717, 1.165) is 0 Å². The van der Waals surface area contributed by atoms with Crippen molar-refractivity contribution in [3.63, 3.8) is 0 Å². The lowest BCUT2D eigenvalue weighted by Crippen LogP contribution is -2.45. The van der Waals surface area contributed by atoms with Crippen LogP contribution in [0.2, 0.25) is 0 Å². The second kappa shape index (κ2) is 5.48. The Balaban J connectivity index is 1.93. The Morgan fingerprint density at radius 1 is 1.28 bits per heavy atom. The van der Waals surface area contributed by atoms with E-state index in [0.29, 0.717) is 23.4 Å². The van der Waals surface area contributed by atoms with Gasteiger partial charge in [0, 0.05) is 25.2 Å². The van der Waals surface area contributed by atoms with Gasteiger partial charge in [-0.3, -0.25) is 4.90 Å². The van der Waals surface area contributed by atoms with Gasteiger partial charge in [-0.25, -0.2) is 0 Å². The van der Waals surface area contributed by atoms with Crippen molar-refractivity contribution in [3.8, 4) is 0 Å². The molecule has 1 saturated carbocycles. The first-order valence-corrected chi connectivity index (χ1v) is 7.58. The molecule has 1 saturated heterocycles. The number of hydrogen-bond acceptors (Lipinski definition) is 3. The summed E-state index contributed by atoms with van der Waals surface area (Å²) in [6, 6.07) is 1.05. The molecule has 3 atom stereocenters. The molecule has 0 aromatic carbocycles. The first kappa shape index (κ1) is 14.3. The van der Waals surface area contributed by atoms with Crippen LogP contribution in [0.5, 0.6) is 0 Å². The van der Waals surface area contributed by atoms with Gasteiger partial charge in [0.2, 0.25) is 0 Å². The molecule has 1 aliphatic heterocycles. The van der Waals surface area contributed by atoms with Crippen molar-refractivity contribution in [2.24, 2.45) is 17.1 Å². The van der Waals surface area contributed by atoms with Gasteiger partial charge in [-0.1, -0.05) is 13.8 Å². The van der Waals surface area contributed by atoms with Crippen molar-refractivity contribution >= 4 is 0 Å². The zero-order chi connectivity index (χ0) is 13.3. The van der Waals surface area contributed by atoms with Gasteiger partial charge >= 0.3 is 0 Å². The predicted octanol–water partition coefficient (Wildman–Crippen LogP) is 1.78. The Morgan fingerprint density at radius 3 is 2.61 bits per heavy atom. The van der Waals surface area contributed by atoms with Crippen molar-refractivity contribution in [1.29, 1.82) is 0 Å². The van der Waals surface area contributed by atoms with Crippen LogP contribution in [0.15, 0.2) is 0 Å². The molecule has 0 amide bonds.